The van der Waals surface area contributed by atoms with E-state index < -0.39 is 5.82 Å². The van der Waals surface area contributed by atoms with Gasteiger partial charge in [0.25, 0.3) is 0 Å². The van der Waals surface area contributed by atoms with E-state index in [0.29, 0.717) is 12.2 Å². The van der Waals surface area contributed by atoms with E-state index >= 15 is 0 Å². The third-order valence-electron chi connectivity index (χ3n) is 3.28. The number of nitrogens with one attached hydrogen (secondary N) is 1. The third-order valence-corrected chi connectivity index (χ3v) is 3.28. The van der Waals surface area contributed by atoms with Crippen LogP contribution in [0.3, 0.4) is 0 Å². The zero-order valence-electron chi connectivity index (χ0n) is 11.0. The maximum atomic E-state index is 13.2. The predicted octanol–water partition coefficient (Wildman–Crippen LogP) is 3.03. The topological polar surface area (TPSA) is 50.1 Å². The Hall–Kier alpha value is -2.56. The fraction of sp³-hybridized carbons (Fsp3) is 0.133. The van der Waals surface area contributed by atoms with Crippen molar-refractivity contribution in [2.75, 3.05) is 5.32 Å². The molecule has 0 aliphatic rings. The van der Waals surface area contributed by atoms with Crippen molar-refractivity contribution in [3.8, 4) is 5.75 Å². The SMILES string of the molecule is Cn1c(CNc2ccc(O)c(F)c2)nc2ccccc21. The lowest BCUT2D eigenvalue weighted by molar-refractivity contribution is 0.432. The number of rotatable bonds is 3. The summed E-state index contributed by atoms with van der Waals surface area (Å²) < 4.78 is 15.2. The molecule has 3 rings (SSSR count). The molecule has 0 spiro atoms. The summed E-state index contributed by atoms with van der Waals surface area (Å²) in [5.41, 5.74) is 2.59. The molecular weight excluding hydrogens is 257 g/mol. The summed E-state index contributed by atoms with van der Waals surface area (Å²) in [4.78, 5) is 4.52. The zero-order valence-corrected chi connectivity index (χ0v) is 11.0. The Kier molecular flexibility index (Phi) is 3.02. The standard InChI is InChI=1S/C15H14FN3O/c1-19-13-5-3-2-4-12(13)18-15(19)9-17-10-6-7-14(20)11(16)8-10/h2-8,17,20H,9H2,1H3. The number of hydrogen-bond acceptors (Lipinski definition) is 3. The molecule has 0 amide bonds. The molecule has 0 saturated carbocycles. The van der Waals surface area contributed by atoms with Crippen LogP contribution in [0.15, 0.2) is 42.5 Å². The molecular formula is C15H14FN3O. The summed E-state index contributed by atoms with van der Waals surface area (Å²) in [6.45, 7) is 0.482. The van der Waals surface area contributed by atoms with E-state index in [1.807, 2.05) is 35.9 Å². The maximum Gasteiger partial charge on any atom is 0.166 e. The molecule has 2 N–H and O–H groups in total. The summed E-state index contributed by atoms with van der Waals surface area (Å²) in [5.74, 6) is -0.127. The highest BCUT2D eigenvalue weighted by atomic mass is 19.1. The summed E-state index contributed by atoms with van der Waals surface area (Å²) >= 11 is 0. The van der Waals surface area contributed by atoms with E-state index in [1.165, 1.54) is 12.1 Å². The summed E-state index contributed by atoms with van der Waals surface area (Å²) in [6.07, 6.45) is 0. The van der Waals surface area contributed by atoms with Crippen LogP contribution in [0.4, 0.5) is 10.1 Å². The molecule has 4 nitrogen and oxygen atoms in total. The van der Waals surface area contributed by atoms with Crippen molar-refractivity contribution < 1.29 is 9.50 Å². The molecule has 0 radical (unpaired) electrons. The Morgan fingerprint density at radius 3 is 2.80 bits per heavy atom. The monoisotopic (exact) mass is 271 g/mol. The molecule has 1 aromatic heterocycles. The summed E-state index contributed by atoms with van der Waals surface area (Å²) in [5, 5.41) is 12.2. The van der Waals surface area contributed by atoms with Gasteiger partial charge in [-0.1, -0.05) is 12.1 Å². The van der Waals surface area contributed by atoms with Crippen LogP contribution >= 0.6 is 0 Å². The number of phenols is 1. The molecule has 3 aromatic rings. The smallest absolute Gasteiger partial charge is 0.166 e. The Morgan fingerprint density at radius 2 is 2.05 bits per heavy atom. The Labute approximate surface area is 115 Å². The minimum Gasteiger partial charge on any atom is -0.505 e. The van der Waals surface area contributed by atoms with Crippen LogP contribution in [0.1, 0.15) is 5.82 Å². The van der Waals surface area contributed by atoms with Gasteiger partial charge in [-0.05, 0) is 24.3 Å². The lowest BCUT2D eigenvalue weighted by Gasteiger charge is -2.07. The molecule has 20 heavy (non-hydrogen) atoms. The normalized spacial score (nSPS) is 10.9. The average Bonchev–Trinajstić information content (AvgIpc) is 2.77. The summed E-state index contributed by atoms with van der Waals surface area (Å²) in [6, 6.07) is 12.1. The Bertz CT molecular complexity index is 767. The molecule has 0 unspecified atom stereocenters. The van der Waals surface area contributed by atoms with E-state index in [2.05, 4.69) is 10.3 Å². The van der Waals surface area contributed by atoms with Gasteiger partial charge in [0.15, 0.2) is 11.6 Å². The number of hydrogen-bond donors (Lipinski definition) is 2. The predicted molar refractivity (Wildman–Crippen MR) is 76.1 cm³/mol. The molecule has 0 atom stereocenters. The minimum absolute atomic E-state index is 0.349. The van der Waals surface area contributed by atoms with Gasteiger partial charge in [0.1, 0.15) is 5.82 Å². The number of aromatic hydroxyl groups is 1. The number of imidazole rings is 1. The lowest BCUT2D eigenvalue weighted by Crippen LogP contribution is -2.06. The van der Waals surface area contributed by atoms with Crippen molar-refractivity contribution in [2.45, 2.75) is 6.54 Å². The minimum atomic E-state index is -0.639. The molecule has 5 heteroatoms. The van der Waals surface area contributed by atoms with Crippen LogP contribution in [0.25, 0.3) is 11.0 Å². The zero-order chi connectivity index (χ0) is 14.1. The number of anilines is 1. The van der Waals surface area contributed by atoms with Crippen molar-refractivity contribution in [1.82, 2.24) is 9.55 Å². The molecule has 0 aliphatic carbocycles. The van der Waals surface area contributed by atoms with Crippen LogP contribution in [-0.4, -0.2) is 14.7 Å². The van der Waals surface area contributed by atoms with E-state index in [0.717, 1.165) is 16.9 Å². The Morgan fingerprint density at radius 1 is 1.25 bits per heavy atom. The molecule has 2 aromatic carbocycles. The average molecular weight is 271 g/mol. The number of nitrogens with zero attached hydrogens (tertiary/aromatic N) is 2. The highest BCUT2D eigenvalue weighted by Crippen LogP contribution is 2.20. The van der Waals surface area contributed by atoms with Gasteiger partial charge in [0.05, 0.1) is 17.6 Å². The van der Waals surface area contributed by atoms with Gasteiger partial charge in [0.2, 0.25) is 0 Å². The number of benzene rings is 2. The van der Waals surface area contributed by atoms with E-state index in [-0.39, 0.29) is 5.75 Å². The van der Waals surface area contributed by atoms with Gasteiger partial charge in [-0.15, -0.1) is 0 Å². The number of halogens is 1. The second-order valence-electron chi connectivity index (χ2n) is 4.60. The lowest BCUT2D eigenvalue weighted by atomic mass is 10.3. The first kappa shape index (κ1) is 12.5. The highest BCUT2D eigenvalue weighted by Gasteiger charge is 2.07. The van der Waals surface area contributed by atoms with Crippen LogP contribution in [0.5, 0.6) is 5.75 Å². The Balaban J connectivity index is 1.83. The first-order valence-electron chi connectivity index (χ1n) is 6.28. The molecule has 0 saturated heterocycles. The highest BCUT2D eigenvalue weighted by molar-refractivity contribution is 5.75. The van der Waals surface area contributed by atoms with Crippen LogP contribution in [-0.2, 0) is 13.6 Å². The van der Waals surface area contributed by atoms with Crippen molar-refractivity contribution in [1.29, 1.82) is 0 Å². The molecule has 0 aliphatic heterocycles. The second kappa shape index (κ2) is 4.85. The van der Waals surface area contributed by atoms with E-state index in [4.69, 9.17) is 5.11 Å². The van der Waals surface area contributed by atoms with E-state index in [1.54, 1.807) is 6.07 Å². The molecule has 0 fully saturated rings. The van der Waals surface area contributed by atoms with Crippen LogP contribution < -0.4 is 5.32 Å². The maximum absolute atomic E-state index is 13.2. The van der Waals surface area contributed by atoms with Crippen molar-refractivity contribution >= 4 is 16.7 Å². The summed E-state index contributed by atoms with van der Waals surface area (Å²) in [7, 11) is 1.95. The van der Waals surface area contributed by atoms with Crippen LogP contribution in [0, 0.1) is 5.82 Å². The van der Waals surface area contributed by atoms with Gasteiger partial charge in [0, 0.05) is 18.8 Å². The first-order chi connectivity index (χ1) is 9.65. The number of phenolic OH excluding ortho intramolecular Hbond substituents is 1. The van der Waals surface area contributed by atoms with Gasteiger partial charge in [-0.2, -0.15) is 0 Å². The third kappa shape index (κ3) is 2.18. The van der Waals surface area contributed by atoms with Gasteiger partial charge >= 0.3 is 0 Å². The van der Waals surface area contributed by atoms with Gasteiger partial charge < -0.3 is 15.0 Å². The first-order valence-corrected chi connectivity index (χ1v) is 6.28. The molecule has 1 heterocycles. The van der Waals surface area contributed by atoms with Gasteiger partial charge in [-0.3, -0.25) is 0 Å². The molecule has 102 valence electrons. The number of aromatic nitrogens is 2. The number of fused-ring (bicyclic) bond motifs is 1. The second-order valence-corrected chi connectivity index (χ2v) is 4.60. The fourth-order valence-electron chi connectivity index (χ4n) is 2.15. The van der Waals surface area contributed by atoms with Crippen molar-refractivity contribution in [3.05, 3.63) is 54.1 Å². The largest absolute Gasteiger partial charge is 0.505 e. The van der Waals surface area contributed by atoms with Gasteiger partial charge in [-0.25, -0.2) is 9.37 Å². The van der Waals surface area contributed by atoms with Crippen molar-refractivity contribution in [3.63, 3.8) is 0 Å². The van der Waals surface area contributed by atoms with Crippen LogP contribution in [0.2, 0.25) is 0 Å². The fourth-order valence-corrected chi connectivity index (χ4v) is 2.15. The number of para-hydroxylation sites is 2. The van der Waals surface area contributed by atoms with E-state index in [9.17, 15) is 4.39 Å². The molecule has 0 bridgehead atoms. The quantitative estimate of drug-likeness (QED) is 0.720. The van der Waals surface area contributed by atoms with Crippen molar-refractivity contribution in [2.24, 2.45) is 7.05 Å². The number of aryl methyl sites for hydroxylation is 1.